The first-order valence-electron chi connectivity index (χ1n) is 5.40. The van der Waals surface area contributed by atoms with Crippen LogP contribution in [0.5, 0.6) is 0 Å². The number of alkyl halides is 1. The van der Waals surface area contributed by atoms with Gasteiger partial charge in [0.2, 0.25) is 0 Å². The smallest absolute Gasteiger partial charge is 0.255 e. The Morgan fingerprint density at radius 2 is 2.38 bits per heavy atom. The second-order valence-corrected chi connectivity index (χ2v) is 4.00. The van der Waals surface area contributed by atoms with E-state index in [1.807, 2.05) is 0 Å². The summed E-state index contributed by atoms with van der Waals surface area (Å²) in [6.45, 7) is 1.18. The fraction of sp³-hybridized carbons (Fsp3) is 0.889. The maximum absolute atomic E-state index is 13.6. The number of piperidine rings is 1. The van der Waals surface area contributed by atoms with Crippen molar-refractivity contribution in [2.45, 2.75) is 24.9 Å². The average molecular weight is 232 g/mol. The van der Waals surface area contributed by atoms with E-state index in [-0.39, 0.29) is 18.6 Å². The van der Waals surface area contributed by atoms with Crippen LogP contribution in [0.15, 0.2) is 0 Å². The Balaban J connectivity index is 1.88. The number of rotatable bonds is 2. The minimum atomic E-state index is -1.10. The van der Waals surface area contributed by atoms with E-state index in [1.165, 1.54) is 12.0 Å². The van der Waals surface area contributed by atoms with Crippen LogP contribution in [0, 0.1) is 0 Å². The first-order chi connectivity index (χ1) is 7.72. The molecule has 0 aromatic heterocycles. The van der Waals surface area contributed by atoms with Gasteiger partial charge in [0.05, 0.1) is 19.3 Å². The van der Waals surface area contributed by atoms with Crippen LogP contribution in [0.25, 0.3) is 0 Å². The number of methoxy groups -OCH3 is 1. The highest BCUT2D eigenvalue weighted by molar-refractivity contribution is 5.81. The lowest BCUT2D eigenvalue weighted by Crippen LogP contribution is -2.55. The Morgan fingerprint density at radius 1 is 1.56 bits per heavy atom. The van der Waals surface area contributed by atoms with Gasteiger partial charge in [-0.15, -0.1) is 0 Å². The highest BCUT2D eigenvalue weighted by Gasteiger charge is 2.34. The van der Waals surface area contributed by atoms with E-state index in [0.717, 1.165) is 0 Å². The third kappa shape index (κ3) is 2.32. The van der Waals surface area contributed by atoms with Crippen molar-refractivity contribution >= 4 is 5.91 Å². The van der Waals surface area contributed by atoms with Gasteiger partial charge in [0.25, 0.3) is 5.91 Å². The van der Waals surface area contributed by atoms with E-state index in [2.05, 4.69) is 16.2 Å². The predicted octanol–water partition coefficient (Wildman–Crippen LogP) is -1.45. The summed E-state index contributed by atoms with van der Waals surface area (Å²) < 4.78 is 18.6. The lowest BCUT2D eigenvalue weighted by molar-refractivity contribution is -0.138. The Labute approximate surface area is 93.5 Å². The lowest BCUT2D eigenvalue weighted by Gasteiger charge is -2.35. The van der Waals surface area contributed by atoms with Crippen LogP contribution in [0.2, 0.25) is 0 Å². The Hall–Kier alpha value is -0.760. The van der Waals surface area contributed by atoms with Crippen LogP contribution < -0.4 is 16.2 Å². The molecular formula is C9H17FN4O2. The number of hydrogen-bond donors (Lipinski definition) is 3. The number of likely N-dealkylation sites (tertiary alicyclic amines) is 1. The second kappa shape index (κ2) is 5.05. The number of carbonyl (C=O) groups is 1. The summed E-state index contributed by atoms with van der Waals surface area (Å²) in [5.41, 5.74) is 5.58. The maximum atomic E-state index is 13.6. The molecule has 0 aliphatic carbocycles. The van der Waals surface area contributed by atoms with Gasteiger partial charge in [-0.3, -0.25) is 10.1 Å². The molecule has 2 rings (SSSR count). The first kappa shape index (κ1) is 11.7. The monoisotopic (exact) mass is 232 g/mol. The topological polar surface area (TPSA) is 65.6 Å². The molecule has 16 heavy (non-hydrogen) atoms. The van der Waals surface area contributed by atoms with Crippen molar-refractivity contribution in [1.29, 1.82) is 0 Å². The predicted molar refractivity (Wildman–Crippen MR) is 55.0 cm³/mol. The van der Waals surface area contributed by atoms with Crippen molar-refractivity contribution in [3.05, 3.63) is 0 Å². The zero-order chi connectivity index (χ0) is 11.5. The number of halogens is 1. The Kier molecular flexibility index (Phi) is 3.70. The van der Waals surface area contributed by atoms with Crippen LogP contribution in [-0.2, 0) is 9.53 Å². The van der Waals surface area contributed by atoms with Gasteiger partial charge in [0.1, 0.15) is 6.17 Å². The highest BCUT2D eigenvalue weighted by atomic mass is 19.1. The van der Waals surface area contributed by atoms with E-state index in [1.54, 1.807) is 0 Å². The Bertz CT molecular complexity index is 260. The standard InChI is InChI=1S/C9H17FN4O2/c1-16-7-2-3-14(4-6(7)10)9(15)8-11-5-12-13-8/h6-8,11-13H,2-5H2,1H3/t6-,7+,8?/m1/s1. The second-order valence-electron chi connectivity index (χ2n) is 4.00. The molecule has 0 spiro atoms. The molecule has 2 saturated heterocycles. The summed E-state index contributed by atoms with van der Waals surface area (Å²) in [4.78, 5) is 13.4. The summed E-state index contributed by atoms with van der Waals surface area (Å²) in [6.07, 6.45) is -1.39. The zero-order valence-electron chi connectivity index (χ0n) is 9.20. The van der Waals surface area contributed by atoms with Crippen molar-refractivity contribution in [3.8, 4) is 0 Å². The van der Waals surface area contributed by atoms with E-state index in [4.69, 9.17) is 4.74 Å². The minimum absolute atomic E-state index is 0.108. The fourth-order valence-corrected chi connectivity index (χ4v) is 2.04. The molecule has 3 N–H and O–H groups in total. The molecule has 0 saturated carbocycles. The molecule has 2 aliphatic rings. The summed E-state index contributed by atoms with van der Waals surface area (Å²) in [5, 5.41) is 2.93. The third-order valence-corrected chi connectivity index (χ3v) is 2.98. The normalized spacial score (nSPS) is 35.4. The molecule has 0 bridgehead atoms. The molecule has 3 atom stereocenters. The molecule has 92 valence electrons. The highest BCUT2D eigenvalue weighted by Crippen LogP contribution is 2.17. The third-order valence-electron chi connectivity index (χ3n) is 2.98. The van der Waals surface area contributed by atoms with Gasteiger partial charge >= 0.3 is 0 Å². The van der Waals surface area contributed by atoms with Gasteiger partial charge in [-0.1, -0.05) is 0 Å². The van der Waals surface area contributed by atoms with Crippen LogP contribution in [0.4, 0.5) is 4.39 Å². The van der Waals surface area contributed by atoms with Crippen molar-refractivity contribution in [2.75, 3.05) is 26.9 Å². The average Bonchev–Trinajstić information content (AvgIpc) is 2.81. The minimum Gasteiger partial charge on any atom is -0.378 e. The quantitative estimate of drug-likeness (QED) is 0.544. The molecular weight excluding hydrogens is 215 g/mol. The molecule has 6 nitrogen and oxygen atoms in total. The SMILES string of the molecule is CO[C@H]1CCN(C(=O)C2NCNN2)C[C@H]1F. The van der Waals surface area contributed by atoms with Crippen molar-refractivity contribution < 1.29 is 13.9 Å². The molecule has 1 unspecified atom stereocenters. The lowest BCUT2D eigenvalue weighted by atomic mass is 10.1. The molecule has 0 aromatic carbocycles. The summed E-state index contributed by atoms with van der Waals surface area (Å²) in [5.74, 6) is -0.123. The van der Waals surface area contributed by atoms with Crippen LogP contribution in [0.1, 0.15) is 6.42 Å². The van der Waals surface area contributed by atoms with Crippen LogP contribution in [0.3, 0.4) is 0 Å². The molecule has 1 amide bonds. The van der Waals surface area contributed by atoms with Crippen molar-refractivity contribution in [2.24, 2.45) is 0 Å². The molecule has 2 fully saturated rings. The van der Waals surface area contributed by atoms with Crippen molar-refractivity contribution in [1.82, 2.24) is 21.1 Å². The van der Waals surface area contributed by atoms with E-state index in [9.17, 15) is 9.18 Å². The molecule has 0 radical (unpaired) electrons. The molecule has 7 heteroatoms. The van der Waals surface area contributed by atoms with E-state index in [0.29, 0.717) is 19.6 Å². The van der Waals surface area contributed by atoms with Gasteiger partial charge in [0.15, 0.2) is 6.17 Å². The summed E-state index contributed by atoms with van der Waals surface area (Å²) in [6, 6.07) is 0. The van der Waals surface area contributed by atoms with Gasteiger partial charge in [0, 0.05) is 13.7 Å². The zero-order valence-corrected chi connectivity index (χ0v) is 9.20. The van der Waals surface area contributed by atoms with Crippen LogP contribution in [-0.4, -0.2) is 56.1 Å². The fourth-order valence-electron chi connectivity index (χ4n) is 2.04. The number of carbonyl (C=O) groups excluding carboxylic acids is 1. The number of amides is 1. The van der Waals surface area contributed by atoms with Gasteiger partial charge in [-0.2, -0.15) is 0 Å². The number of ether oxygens (including phenoxy) is 1. The summed E-state index contributed by atoms with van der Waals surface area (Å²) >= 11 is 0. The Morgan fingerprint density at radius 3 is 2.94 bits per heavy atom. The van der Waals surface area contributed by atoms with E-state index < -0.39 is 12.3 Å². The van der Waals surface area contributed by atoms with E-state index >= 15 is 0 Å². The van der Waals surface area contributed by atoms with Gasteiger partial charge in [-0.25, -0.2) is 15.2 Å². The van der Waals surface area contributed by atoms with Gasteiger partial charge < -0.3 is 9.64 Å². The van der Waals surface area contributed by atoms with Crippen molar-refractivity contribution in [3.63, 3.8) is 0 Å². The largest absolute Gasteiger partial charge is 0.378 e. The number of hydrazine groups is 1. The number of nitrogens with one attached hydrogen (secondary N) is 3. The number of hydrogen-bond acceptors (Lipinski definition) is 5. The molecule has 2 heterocycles. The number of nitrogens with zero attached hydrogens (tertiary/aromatic N) is 1. The van der Waals surface area contributed by atoms with Crippen LogP contribution >= 0.6 is 0 Å². The van der Waals surface area contributed by atoms with Gasteiger partial charge in [-0.05, 0) is 6.42 Å². The molecule has 0 aromatic rings. The first-order valence-corrected chi connectivity index (χ1v) is 5.40. The maximum Gasteiger partial charge on any atom is 0.255 e. The summed E-state index contributed by atoms with van der Waals surface area (Å²) in [7, 11) is 1.50. The molecule has 2 aliphatic heterocycles.